The van der Waals surface area contributed by atoms with Crippen molar-refractivity contribution in [3.05, 3.63) is 63.9 Å². The molecule has 0 fully saturated rings. The first kappa shape index (κ1) is 20.2. The zero-order valence-corrected chi connectivity index (χ0v) is 18.1. The van der Waals surface area contributed by atoms with Crippen LogP contribution in [-0.2, 0) is 21.4 Å². The molecule has 154 valence electrons. The zero-order valence-electron chi connectivity index (χ0n) is 18.1. The third-order valence-electron chi connectivity index (χ3n) is 6.57. The lowest BCUT2D eigenvalue weighted by atomic mass is 9.82. The first-order chi connectivity index (χ1) is 14.3. The number of imide groups is 1. The Hall–Kier alpha value is -3.13. The fraction of sp³-hybridized carbons (Fsp3) is 0.400. The molecule has 3 aliphatic heterocycles. The van der Waals surface area contributed by atoms with Gasteiger partial charge in [-0.25, -0.2) is 0 Å². The molecule has 0 unspecified atom stereocenters. The molecule has 5 heteroatoms. The Balaban J connectivity index is 1.79. The van der Waals surface area contributed by atoms with Crippen molar-refractivity contribution in [1.29, 1.82) is 5.26 Å². The number of carbonyl (C=O) groups is 2. The predicted octanol–water partition coefficient (Wildman–Crippen LogP) is 4.16. The number of amides is 2. The molecule has 0 bridgehead atoms. The number of nitriles is 1. The second-order valence-electron chi connectivity index (χ2n) is 8.70. The Bertz CT molecular complexity index is 1080. The number of carbonyl (C=O) groups excluding carboxylic acids is 2. The molecule has 0 radical (unpaired) electrons. The van der Waals surface area contributed by atoms with Gasteiger partial charge in [0, 0.05) is 35.5 Å². The van der Waals surface area contributed by atoms with Crippen molar-refractivity contribution in [3.8, 4) is 6.07 Å². The maximum atomic E-state index is 13.1. The summed E-state index contributed by atoms with van der Waals surface area (Å²) in [6.07, 6.45) is 6.43. The lowest BCUT2D eigenvalue weighted by molar-refractivity contribution is -0.140. The first-order valence-electron chi connectivity index (χ1n) is 10.6. The van der Waals surface area contributed by atoms with Gasteiger partial charge in [0.05, 0.1) is 0 Å². The molecule has 1 aromatic carbocycles. The lowest BCUT2D eigenvalue weighted by Gasteiger charge is -2.28. The number of benzene rings is 1. The smallest absolute Gasteiger partial charge is 0.271 e. The minimum atomic E-state index is -0.476. The van der Waals surface area contributed by atoms with Gasteiger partial charge in [-0.15, -0.1) is 0 Å². The van der Waals surface area contributed by atoms with Crippen LogP contribution >= 0.6 is 0 Å². The maximum absolute atomic E-state index is 13.1. The number of hydrogen-bond acceptors (Lipinski definition) is 4. The van der Waals surface area contributed by atoms with Crippen LogP contribution in [0.3, 0.4) is 0 Å². The van der Waals surface area contributed by atoms with E-state index in [9.17, 15) is 14.9 Å². The molecule has 0 spiro atoms. The molecular formula is C25H27N3O2. The normalized spacial score (nSPS) is 22.4. The Kier molecular flexibility index (Phi) is 4.89. The number of anilines is 1. The highest BCUT2D eigenvalue weighted by atomic mass is 16.2. The molecule has 5 nitrogen and oxygen atoms in total. The quantitative estimate of drug-likeness (QED) is 0.561. The summed E-state index contributed by atoms with van der Waals surface area (Å²) in [6.45, 7) is 9.38. The highest BCUT2D eigenvalue weighted by Crippen LogP contribution is 2.51. The third kappa shape index (κ3) is 2.82. The zero-order chi connectivity index (χ0) is 21.6. The average molecular weight is 402 g/mol. The van der Waals surface area contributed by atoms with Gasteiger partial charge < -0.3 is 4.90 Å². The number of nitrogens with zero attached hydrogens (tertiary/aromatic N) is 3. The fourth-order valence-electron chi connectivity index (χ4n) is 4.81. The lowest BCUT2D eigenvalue weighted by Crippen LogP contribution is -2.43. The molecule has 4 rings (SSSR count). The molecule has 3 aliphatic rings. The summed E-state index contributed by atoms with van der Waals surface area (Å²) < 4.78 is 0. The summed E-state index contributed by atoms with van der Waals surface area (Å²) >= 11 is 0. The van der Waals surface area contributed by atoms with Crippen LogP contribution in [0.1, 0.15) is 51.7 Å². The topological polar surface area (TPSA) is 64.4 Å². The van der Waals surface area contributed by atoms with Crippen LogP contribution in [0.25, 0.3) is 0 Å². The predicted molar refractivity (Wildman–Crippen MR) is 117 cm³/mol. The minimum absolute atomic E-state index is 0.0628. The average Bonchev–Trinajstić information content (AvgIpc) is 3.23. The molecule has 1 aromatic rings. The van der Waals surface area contributed by atoms with Gasteiger partial charge >= 0.3 is 0 Å². The van der Waals surface area contributed by atoms with E-state index in [1.165, 1.54) is 21.7 Å². The monoisotopic (exact) mass is 401 g/mol. The fourth-order valence-corrected chi connectivity index (χ4v) is 4.81. The largest absolute Gasteiger partial charge is 0.343 e. The number of rotatable bonds is 4. The number of para-hydroxylation sites is 1. The second-order valence-corrected chi connectivity index (χ2v) is 8.70. The summed E-state index contributed by atoms with van der Waals surface area (Å²) in [4.78, 5) is 29.3. The molecule has 0 saturated heterocycles. The second kappa shape index (κ2) is 7.28. The van der Waals surface area contributed by atoms with E-state index >= 15 is 0 Å². The molecule has 2 amide bonds. The van der Waals surface area contributed by atoms with Gasteiger partial charge in [-0.2, -0.15) is 5.26 Å². The van der Waals surface area contributed by atoms with Crippen LogP contribution in [0.4, 0.5) is 5.69 Å². The van der Waals surface area contributed by atoms with Gasteiger partial charge in [0.15, 0.2) is 0 Å². The van der Waals surface area contributed by atoms with Gasteiger partial charge in [0.25, 0.3) is 11.8 Å². The van der Waals surface area contributed by atoms with Crippen LogP contribution in [0.5, 0.6) is 0 Å². The summed E-state index contributed by atoms with van der Waals surface area (Å²) in [7, 11) is 0. The molecule has 0 aromatic heterocycles. The van der Waals surface area contributed by atoms with Gasteiger partial charge in [0.1, 0.15) is 11.6 Å². The van der Waals surface area contributed by atoms with Crippen molar-refractivity contribution in [2.45, 2.75) is 52.4 Å². The van der Waals surface area contributed by atoms with Crippen LogP contribution in [0, 0.1) is 11.3 Å². The van der Waals surface area contributed by atoms with Crippen molar-refractivity contribution in [2.75, 3.05) is 18.0 Å². The Labute approximate surface area is 178 Å². The summed E-state index contributed by atoms with van der Waals surface area (Å²) in [5.74, 6) is -0.784. The van der Waals surface area contributed by atoms with Crippen molar-refractivity contribution < 1.29 is 9.59 Å². The highest BCUT2D eigenvalue weighted by Gasteiger charge is 2.43. The van der Waals surface area contributed by atoms with Crippen LogP contribution in [0.2, 0.25) is 0 Å². The van der Waals surface area contributed by atoms with E-state index in [0.29, 0.717) is 17.7 Å². The molecule has 0 aliphatic carbocycles. The van der Waals surface area contributed by atoms with E-state index in [1.54, 1.807) is 13.0 Å². The van der Waals surface area contributed by atoms with Crippen molar-refractivity contribution in [1.82, 2.24) is 4.90 Å². The first-order valence-corrected chi connectivity index (χ1v) is 10.6. The molecule has 30 heavy (non-hydrogen) atoms. The SMILES string of the molecule is CCCCN1C(=O)C(C#N)=C(C)/C(=C/C=C2/N3CCc4cccc(c43)C2(C)C)C1=O. The van der Waals surface area contributed by atoms with Crippen molar-refractivity contribution >= 4 is 17.5 Å². The minimum Gasteiger partial charge on any atom is -0.343 e. The van der Waals surface area contributed by atoms with Crippen LogP contribution in [0.15, 0.2) is 52.8 Å². The number of hydrogen-bond donors (Lipinski definition) is 0. The molecule has 0 saturated carbocycles. The summed E-state index contributed by atoms with van der Waals surface area (Å²) in [5, 5.41) is 9.53. The molecule has 0 N–H and O–H groups in total. The molecule has 3 heterocycles. The van der Waals surface area contributed by atoms with E-state index in [1.807, 2.05) is 19.1 Å². The highest BCUT2D eigenvalue weighted by molar-refractivity contribution is 6.18. The van der Waals surface area contributed by atoms with Crippen molar-refractivity contribution in [2.24, 2.45) is 0 Å². The Morgan fingerprint density at radius 3 is 2.67 bits per heavy atom. The van der Waals surface area contributed by atoms with E-state index in [-0.39, 0.29) is 16.9 Å². The van der Waals surface area contributed by atoms with Gasteiger partial charge in [-0.1, -0.05) is 45.4 Å². The standard InChI is InChI=1S/C25H27N3O2/c1-5-6-13-28-23(29)18(16(2)19(15-26)24(28)30)10-11-21-25(3,4)20-9-7-8-17-12-14-27(21)22(17)20/h7-11H,5-6,12-14H2,1-4H3/b18-10-,21-11+. The maximum Gasteiger partial charge on any atom is 0.271 e. The van der Waals surface area contributed by atoms with Gasteiger partial charge in [-0.3, -0.25) is 14.5 Å². The Morgan fingerprint density at radius 1 is 1.20 bits per heavy atom. The molecular weight excluding hydrogens is 374 g/mol. The van der Waals surface area contributed by atoms with E-state index < -0.39 is 5.91 Å². The third-order valence-corrected chi connectivity index (χ3v) is 6.57. The van der Waals surface area contributed by atoms with Crippen LogP contribution < -0.4 is 4.90 Å². The summed E-state index contributed by atoms with van der Waals surface area (Å²) in [5.41, 5.74) is 5.90. The molecule has 0 atom stereocenters. The van der Waals surface area contributed by atoms with Gasteiger partial charge in [-0.05, 0) is 48.6 Å². The van der Waals surface area contributed by atoms with E-state index in [2.05, 4.69) is 36.9 Å². The Morgan fingerprint density at radius 2 is 1.97 bits per heavy atom. The number of unbranched alkanes of at least 4 members (excludes halogenated alkanes) is 1. The van der Waals surface area contributed by atoms with E-state index in [0.717, 1.165) is 31.5 Å². The van der Waals surface area contributed by atoms with Crippen LogP contribution in [-0.4, -0.2) is 29.8 Å². The van der Waals surface area contributed by atoms with E-state index in [4.69, 9.17) is 0 Å². The number of allylic oxidation sites excluding steroid dienone is 3. The van der Waals surface area contributed by atoms with Crippen molar-refractivity contribution in [3.63, 3.8) is 0 Å². The summed E-state index contributed by atoms with van der Waals surface area (Å²) in [6, 6.07) is 8.50. The van der Waals surface area contributed by atoms with Gasteiger partial charge in [0.2, 0.25) is 0 Å².